The van der Waals surface area contributed by atoms with Crippen molar-refractivity contribution in [1.29, 1.82) is 0 Å². The number of halogens is 6. The summed E-state index contributed by atoms with van der Waals surface area (Å²) in [6.07, 6.45) is -10.3. The Morgan fingerprint density at radius 3 is 1.87 bits per heavy atom. The maximum Gasteiger partial charge on any atom is 0.416 e. The van der Waals surface area contributed by atoms with Gasteiger partial charge in [0.25, 0.3) is 5.91 Å². The van der Waals surface area contributed by atoms with E-state index in [4.69, 9.17) is 10.5 Å². The molecule has 2 rings (SSSR count). The third kappa shape index (κ3) is 5.88. The number of nitrogens with one attached hydrogen (secondary N) is 1. The molecule has 11 heteroatoms. The van der Waals surface area contributed by atoms with Crippen LogP contribution in [0, 0.1) is 0 Å². The van der Waals surface area contributed by atoms with Gasteiger partial charge in [-0.25, -0.2) is 0 Å². The number of nitrogens with two attached hydrogens (primary N) is 1. The van der Waals surface area contributed by atoms with Gasteiger partial charge in [0.05, 0.1) is 18.2 Å². The number of methoxy groups -OCH3 is 1. The number of carbonyl (C=O) groups is 2. The lowest BCUT2D eigenvalue weighted by Gasteiger charge is -2.18. The molecule has 3 N–H and O–H groups in total. The molecule has 0 saturated heterocycles. The van der Waals surface area contributed by atoms with Gasteiger partial charge in [-0.05, 0) is 35.9 Å². The topological polar surface area (TPSA) is 81.4 Å². The molecule has 0 bridgehead atoms. The molecule has 0 aliphatic carbocycles. The van der Waals surface area contributed by atoms with Gasteiger partial charge < -0.3 is 15.8 Å². The van der Waals surface area contributed by atoms with Crippen LogP contribution in [0.15, 0.2) is 42.5 Å². The minimum Gasteiger partial charge on any atom is -0.497 e. The molecule has 0 unspecified atom stereocenters. The molecule has 5 nitrogen and oxygen atoms in total. The first-order valence-electron chi connectivity index (χ1n) is 8.34. The Morgan fingerprint density at radius 1 is 0.967 bits per heavy atom. The molecule has 0 saturated carbocycles. The van der Waals surface area contributed by atoms with Gasteiger partial charge in [-0.15, -0.1) is 0 Å². The summed E-state index contributed by atoms with van der Waals surface area (Å²) in [7, 11) is 1.44. The van der Waals surface area contributed by atoms with E-state index in [1.54, 1.807) is 24.3 Å². The van der Waals surface area contributed by atoms with Crippen LogP contribution in [-0.4, -0.2) is 25.0 Å². The van der Waals surface area contributed by atoms with Crippen molar-refractivity contribution in [1.82, 2.24) is 5.32 Å². The molecule has 0 spiro atoms. The van der Waals surface area contributed by atoms with E-state index in [-0.39, 0.29) is 24.6 Å². The fraction of sp³-hybridized carbons (Fsp3) is 0.263. The van der Waals surface area contributed by atoms with Gasteiger partial charge in [-0.3, -0.25) is 9.59 Å². The number of alkyl halides is 6. The molecule has 2 aromatic rings. The van der Waals surface area contributed by atoms with Crippen LogP contribution in [0.3, 0.4) is 0 Å². The minimum absolute atomic E-state index is 0.0975. The standard InChI is InChI=1S/C19H16F6N2O3/c1-30-14-4-2-10(3-5-14)6-15(16(26)28)27-17(29)11-7-12(18(20,21)22)9-13(8-11)19(23,24)25/h2-5,7-9,15H,6H2,1H3,(H2,26,28)(H,27,29)/t15-/m0/s1. The molecule has 2 aromatic carbocycles. The second-order valence-electron chi connectivity index (χ2n) is 6.28. The van der Waals surface area contributed by atoms with Gasteiger partial charge in [0.2, 0.25) is 5.91 Å². The first-order chi connectivity index (χ1) is 13.8. The summed E-state index contributed by atoms with van der Waals surface area (Å²) in [6, 6.07) is 5.34. The van der Waals surface area contributed by atoms with E-state index in [1.165, 1.54) is 7.11 Å². The first kappa shape index (κ1) is 23.0. The average Bonchev–Trinajstić information content (AvgIpc) is 2.66. The van der Waals surface area contributed by atoms with E-state index in [0.717, 1.165) is 0 Å². The smallest absolute Gasteiger partial charge is 0.416 e. The third-order valence-electron chi connectivity index (χ3n) is 4.10. The molecule has 30 heavy (non-hydrogen) atoms. The van der Waals surface area contributed by atoms with E-state index in [2.05, 4.69) is 5.32 Å². The largest absolute Gasteiger partial charge is 0.497 e. The van der Waals surface area contributed by atoms with Crippen molar-refractivity contribution in [2.75, 3.05) is 7.11 Å². The molecule has 0 aliphatic heterocycles. The highest BCUT2D eigenvalue weighted by atomic mass is 19.4. The average molecular weight is 434 g/mol. The molecular weight excluding hydrogens is 418 g/mol. The van der Waals surface area contributed by atoms with E-state index in [0.29, 0.717) is 11.3 Å². The van der Waals surface area contributed by atoms with Crippen molar-refractivity contribution in [3.05, 3.63) is 64.7 Å². The van der Waals surface area contributed by atoms with E-state index < -0.39 is 46.9 Å². The van der Waals surface area contributed by atoms with Crippen molar-refractivity contribution >= 4 is 11.8 Å². The SMILES string of the molecule is COc1ccc(C[C@H](NC(=O)c2cc(C(F)(F)F)cc(C(F)(F)F)c2)C(N)=O)cc1. The third-order valence-corrected chi connectivity index (χ3v) is 4.10. The molecule has 0 fully saturated rings. The lowest BCUT2D eigenvalue weighted by molar-refractivity contribution is -0.143. The van der Waals surface area contributed by atoms with E-state index in [9.17, 15) is 35.9 Å². The number of rotatable bonds is 6. The number of ether oxygens (including phenoxy) is 1. The minimum atomic E-state index is -5.11. The number of primary amides is 1. The Labute approximate surface area is 166 Å². The Balaban J connectivity index is 2.31. The van der Waals surface area contributed by atoms with E-state index >= 15 is 0 Å². The number of carbonyl (C=O) groups excluding carboxylic acids is 2. The van der Waals surface area contributed by atoms with Gasteiger partial charge in [-0.2, -0.15) is 26.3 Å². The molecule has 2 amide bonds. The summed E-state index contributed by atoms with van der Waals surface area (Å²) in [5.41, 5.74) is 1.56. The molecule has 0 radical (unpaired) electrons. The van der Waals surface area contributed by atoms with Crippen molar-refractivity contribution in [2.45, 2.75) is 24.8 Å². The Bertz CT molecular complexity index is 891. The van der Waals surface area contributed by atoms with Gasteiger partial charge in [0, 0.05) is 12.0 Å². The fourth-order valence-electron chi connectivity index (χ4n) is 2.55. The van der Waals surface area contributed by atoms with Crippen LogP contribution < -0.4 is 15.8 Å². The van der Waals surface area contributed by atoms with Crippen LogP contribution in [0.5, 0.6) is 5.75 Å². The Kier molecular flexibility index (Phi) is 6.63. The molecule has 0 aliphatic rings. The van der Waals surface area contributed by atoms with Gasteiger partial charge in [-0.1, -0.05) is 12.1 Å². The first-order valence-corrected chi connectivity index (χ1v) is 8.34. The normalized spacial score (nSPS) is 12.9. The zero-order valence-corrected chi connectivity index (χ0v) is 15.4. The summed E-state index contributed by atoms with van der Waals surface area (Å²) in [5, 5.41) is 2.09. The summed E-state index contributed by atoms with van der Waals surface area (Å²) in [5.74, 6) is -1.80. The highest BCUT2D eigenvalue weighted by molar-refractivity contribution is 5.97. The van der Waals surface area contributed by atoms with Crippen molar-refractivity contribution in [3.63, 3.8) is 0 Å². The number of benzene rings is 2. The summed E-state index contributed by atoms with van der Waals surface area (Å²) < 4.78 is 82.7. The molecule has 1 atom stereocenters. The summed E-state index contributed by atoms with van der Waals surface area (Å²) in [4.78, 5) is 24.0. The molecule has 0 aromatic heterocycles. The molecule has 0 heterocycles. The Hall–Kier alpha value is -3.24. The number of hydrogen-bond acceptors (Lipinski definition) is 3. The quantitative estimate of drug-likeness (QED) is 0.683. The highest BCUT2D eigenvalue weighted by Gasteiger charge is 2.37. The molecular formula is C19H16F6N2O3. The van der Waals surface area contributed by atoms with Crippen LogP contribution in [0.4, 0.5) is 26.3 Å². The number of amides is 2. The highest BCUT2D eigenvalue weighted by Crippen LogP contribution is 2.36. The summed E-state index contributed by atoms with van der Waals surface area (Å²) in [6.45, 7) is 0. The zero-order chi connectivity index (χ0) is 22.7. The lowest BCUT2D eigenvalue weighted by atomic mass is 10.0. The van der Waals surface area contributed by atoms with Gasteiger partial charge in [0.15, 0.2) is 0 Å². The van der Waals surface area contributed by atoms with Crippen LogP contribution in [0.25, 0.3) is 0 Å². The van der Waals surface area contributed by atoms with Crippen molar-refractivity contribution < 1.29 is 40.7 Å². The zero-order valence-electron chi connectivity index (χ0n) is 15.4. The maximum absolute atomic E-state index is 13.0. The second kappa shape index (κ2) is 8.64. The fourth-order valence-corrected chi connectivity index (χ4v) is 2.55. The van der Waals surface area contributed by atoms with Crippen LogP contribution in [0.2, 0.25) is 0 Å². The van der Waals surface area contributed by atoms with E-state index in [1.807, 2.05) is 0 Å². The van der Waals surface area contributed by atoms with Gasteiger partial charge >= 0.3 is 12.4 Å². The Morgan fingerprint density at radius 2 is 1.47 bits per heavy atom. The van der Waals surface area contributed by atoms with Crippen molar-refractivity contribution in [3.8, 4) is 5.75 Å². The van der Waals surface area contributed by atoms with Crippen LogP contribution in [0.1, 0.15) is 27.0 Å². The predicted octanol–water partition coefficient (Wildman–Crippen LogP) is 3.56. The number of hydrogen-bond donors (Lipinski definition) is 2. The van der Waals surface area contributed by atoms with Crippen molar-refractivity contribution in [2.24, 2.45) is 5.73 Å². The maximum atomic E-state index is 13.0. The van der Waals surface area contributed by atoms with Crippen LogP contribution >= 0.6 is 0 Å². The van der Waals surface area contributed by atoms with Gasteiger partial charge in [0.1, 0.15) is 11.8 Å². The monoisotopic (exact) mass is 434 g/mol. The predicted molar refractivity (Wildman–Crippen MR) is 93.6 cm³/mol. The van der Waals surface area contributed by atoms with Crippen LogP contribution in [-0.2, 0) is 23.6 Å². The summed E-state index contributed by atoms with van der Waals surface area (Å²) >= 11 is 0. The lowest BCUT2D eigenvalue weighted by Crippen LogP contribution is -2.46. The molecule has 162 valence electrons. The second-order valence-corrected chi connectivity index (χ2v) is 6.28.